The molecule has 10 nitrogen and oxygen atoms in total. The van der Waals surface area contributed by atoms with Crippen LogP contribution in [0.2, 0.25) is 0 Å². The third-order valence-electron chi connectivity index (χ3n) is 4.78. The van der Waals surface area contributed by atoms with Gasteiger partial charge in [-0.3, -0.25) is 14.9 Å². The summed E-state index contributed by atoms with van der Waals surface area (Å²) in [5.41, 5.74) is 1.62. The number of nitro groups is 1. The van der Waals surface area contributed by atoms with E-state index < -0.39 is 10.8 Å². The Labute approximate surface area is 183 Å². The lowest BCUT2D eigenvalue weighted by Crippen LogP contribution is -2.18. The van der Waals surface area contributed by atoms with Crippen molar-refractivity contribution < 1.29 is 14.1 Å². The van der Waals surface area contributed by atoms with Gasteiger partial charge in [-0.1, -0.05) is 24.3 Å². The molecule has 0 saturated heterocycles. The van der Waals surface area contributed by atoms with Crippen molar-refractivity contribution in [3.05, 3.63) is 88.2 Å². The van der Waals surface area contributed by atoms with Crippen LogP contribution in [0.25, 0.3) is 11.6 Å². The zero-order valence-electron chi connectivity index (χ0n) is 17.4. The summed E-state index contributed by atoms with van der Waals surface area (Å²) in [5, 5.41) is 18.7. The highest BCUT2D eigenvalue weighted by atomic mass is 16.6. The molecule has 32 heavy (non-hydrogen) atoms. The van der Waals surface area contributed by atoms with E-state index in [9.17, 15) is 14.9 Å². The molecule has 0 saturated carbocycles. The van der Waals surface area contributed by atoms with Gasteiger partial charge >= 0.3 is 0 Å². The third kappa shape index (κ3) is 4.19. The number of rotatable bonds is 7. The zero-order chi connectivity index (χ0) is 22.7. The van der Waals surface area contributed by atoms with Gasteiger partial charge in [-0.2, -0.15) is 9.67 Å². The van der Waals surface area contributed by atoms with Gasteiger partial charge in [0.25, 0.3) is 11.6 Å². The van der Waals surface area contributed by atoms with Gasteiger partial charge < -0.3 is 14.6 Å². The van der Waals surface area contributed by atoms with Crippen molar-refractivity contribution in [3.63, 3.8) is 0 Å². The van der Waals surface area contributed by atoms with Gasteiger partial charge in [-0.25, -0.2) is 0 Å². The van der Waals surface area contributed by atoms with E-state index in [1.165, 1.54) is 24.5 Å². The minimum atomic E-state index is -0.673. The summed E-state index contributed by atoms with van der Waals surface area (Å²) in [6.07, 6.45) is 1.47. The molecule has 2 aromatic heterocycles. The molecular formula is C22H20N6O4. The standard InChI is InChI=1S/C22H20N6O4/c1-26(2)16-11-9-15(10-12-16)14-23-22-24-20(19-8-5-13-32-19)25-27(22)21(29)17-6-3-4-7-18(17)28(30)31/h3-13H,14H2,1-2H3,(H,23,24,25). The van der Waals surface area contributed by atoms with Gasteiger partial charge in [0.1, 0.15) is 5.56 Å². The number of furan rings is 1. The van der Waals surface area contributed by atoms with Crippen molar-refractivity contribution in [2.24, 2.45) is 0 Å². The summed E-state index contributed by atoms with van der Waals surface area (Å²) in [6.45, 7) is 0.369. The van der Waals surface area contributed by atoms with Gasteiger partial charge in [-0.15, -0.1) is 5.10 Å². The highest BCUT2D eigenvalue weighted by molar-refractivity contribution is 6.00. The Hall–Kier alpha value is -4.47. The lowest BCUT2D eigenvalue weighted by Gasteiger charge is -2.13. The Morgan fingerprint density at radius 2 is 1.88 bits per heavy atom. The molecule has 0 aliphatic carbocycles. The molecule has 4 aromatic rings. The van der Waals surface area contributed by atoms with Crippen LogP contribution in [0.4, 0.5) is 17.3 Å². The van der Waals surface area contributed by atoms with Crippen molar-refractivity contribution >= 4 is 23.2 Å². The minimum absolute atomic E-state index is 0.0909. The molecule has 0 radical (unpaired) electrons. The topological polar surface area (TPSA) is 119 Å². The fourth-order valence-corrected chi connectivity index (χ4v) is 3.10. The fourth-order valence-electron chi connectivity index (χ4n) is 3.10. The summed E-state index contributed by atoms with van der Waals surface area (Å²) in [6, 6.07) is 16.9. The van der Waals surface area contributed by atoms with Gasteiger partial charge in [0.15, 0.2) is 5.76 Å². The number of nitro benzene ring substituents is 1. The predicted octanol–water partition coefficient (Wildman–Crippen LogP) is 3.81. The molecule has 0 atom stereocenters. The fraction of sp³-hybridized carbons (Fsp3) is 0.136. The normalized spacial score (nSPS) is 10.7. The van der Waals surface area contributed by atoms with Crippen LogP contribution in [0, 0.1) is 10.1 Å². The van der Waals surface area contributed by atoms with Crippen LogP contribution in [0.5, 0.6) is 0 Å². The van der Waals surface area contributed by atoms with E-state index >= 15 is 0 Å². The quantitative estimate of drug-likeness (QED) is 0.346. The number of hydrogen-bond acceptors (Lipinski definition) is 8. The first kappa shape index (κ1) is 20.8. The van der Waals surface area contributed by atoms with Crippen molar-refractivity contribution in [2.45, 2.75) is 6.54 Å². The van der Waals surface area contributed by atoms with E-state index in [1.54, 1.807) is 18.2 Å². The monoisotopic (exact) mass is 432 g/mol. The molecule has 2 aromatic carbocycles. The molecule has 4 rings (SSSR count). The minimum Gasteiger partial charge on any atom is -0.461 e. The molecule has 0 spiro atoms. The Morgan fingerprint density at radius 1 is 1.12 bits per heavy atom. The summed E-state index contributed by atoms with van der Waals surface area (Å²) in [7, 11) is 3.92. The van der Waals surface area contributed by atoms with Gasteiger partial charge in [0.2, 0.25) is 11.8 Å². The number of carbonyl (C=O) groups is 1. The van der Waals surface area contributed by atoms with Crippen molar-refractivity contribution in [2.75, 3.05) is 24.3 Å². The van der Waals surface area contributed by atoms with Crippen LogP contribution in [0.1, 0.15) is 15.9 Å². The lowest BCUT2D eigenvalue weighted by molar-refractivity contribution is -0.385. The number of anilines is 2. The summed E-state index contributed by atoms with van der Waals surface area (Å²) in [4.78, 5) is 30.4. The third-order valence-corrected chi connectivity index (χ3v) is 4.78. The second kappa shape index (κ2) is 8.72. The molecule has 2 heterocycles. The number of benzene rings is 2. The maximum Gasteiger partial charge on any atom is 0.288 e. The van der Waals surface area contributed by atoms with E-state index in [2.05, 4.69) is 15.4 Å². The zero-order valence-corrected chi connectivity index (χ0v) is 17.4. The first-order chi connectivity index (χ1) is 15.4. The molecule has 0 aliphatic heterocycles. The lowest BCUT2D eigenvalue weighted by atomic mass is 10.1. The van der Waals surface area contributed by atoms with Crippen LogP contribution < -0.4 is 10.2 Å². The Morgan fingerprint density at radius 3 is 2.53 bits per heavy atom. The van der Waals surface area contributed by atoms with E-state index in [1.807, 2.05) is 43.3 Å². The van der Waals surface area contributed by atoms with Crippen LogP contribution >= 0.6 is 0 Å². The number of nitrogens with one attached hydrogen (secondary N) is 1. The average molecular weight is 432 g/mol. The van der Waals surface area contributed by atoms with Crippen molar-refractivity contribution in [3.8, 4) is 11.6 Å². The van der Waals surface area contributed by atoms with Crippen molar-refractivity contribution in [1.29, 1.82) is 0 Å². The van der Waals surface area contributed by atoms with E-state index in [0.717, 1.165) is 15.9 Å². The van der Waals surface area contributed by atoms with Gasteiger partial charge in [0, 0.05) is 32.4 Å². The second-order valence-corrected chi connectivity index (χ2v) is 7.14. The van der Waals surface area contributed by atoms with Crippen LogP contribution in [0.3, 0.4) is 0 Å². The SMILES string of the molecule is CN(C)c1ccc(CNc2nc(-c3ccco3)nn2C(=O)c2ccccc2[N+](=O)[O-])cc1. The molecular weight excluding hydrogens is 412 g/mol. The largest absolute Gasteiger partial charge is 0.461 e. The molecule has 0 fully saturated rings. The number of carbonyl (C=O) groups excluding carboxylic acids is 1. The first-order valence-electron chi connectivity index (χ1n) is 9.73. The number of nitrogens with zero attached hydrogens (tertiary/aromatic N) is 5. The number of para-hydroxylation sites is 1. The van der Waals surface area contributed by atoms with Crippen LogP contribution in [0.15, 0.2) is 71.3 Å². The number of aromatic nitrogens is 3. The summed E-state index contributed by atoms with van der Waals surface area (Å²) >= 11 is 0. The molecule has 0 bridgehead atoms. The maximum absolute atomic E-state index is 13.2. The van der Waals surface area contributed by atoms with E-state index in [-0.39, 0.29) is 23.0 Å². The van der Waals surface area contributed by atoms with Gasteiger partial charge in [0.05, 0.1) is 11.2 Å². The summed E-state index contributed by atoms with van der Waals surface area (Å²) < 4.78 is 6.37. The highest BCUT2D eigenvalue weighted by Crippen LogP contribution is 2.23. The Bertz CT molecular complexity index is 1250. The predicted molar refractivity (Wildman–Crippen MR) is 119 cm³/mol. The molecule has 10 heteroatoms. The smallest absolute Gasteiger partial charge is 0.288 e. The molecule has 162 valence electrons. The average Bonchev–Trinajstić information content (AvgIpc) is 3.47. The first-order valence-corrected chi connectivity index (χ1v) is 9.73. The molecule has 0 amide bonds. The van der Waals surface area contributed by atoms with Crippen LogP contribution in [-0.2, 0) is 6.54 Å². The Balaban J connectivity index is 1.67. The van der Waals surface area contributed by atoms with E-state index in [0.29, 0.717) is 12.3 Å². The second-order valence-electron chi connectivity index (χ2n) is 7.14. The highest BCUT2D eigenvalue weighted by Gasteiger charge is 2.25. The van der Waals surface area contributed by atoms with Crippen molar-refractivity contribution in [1.82, 2.24) is 14.8 Å². The van der Waals surface area contributed by atoms with Gasteiger partial charge in [-0.05, 0) is 35.9 Å². The Kier molecular flexibility index (Phi) is 5.67. The van der Waals surface area contributed by atoms with Crippen LogP contribution in [-0.4, -0.2) is 39.7 Å². The summed E-state index contributed by atoms with van der Waals surface area (Å²) in [5.74, 6) is 0.0363. The number of hydrogen-bond donors (Lipinski definition) is 1. The maximum atomic E-state index is 13.2. The molecule has 1 N–H and O–H groups in total. The molecule has 0 aliphatic rings. The molecule has 0 unspecified atom stereocenters. The van der Waals surface area contributed by atoms with E-state index in [4.69, 9.17) is 4.42 Å².